The van der Waals surface area contributed by atoms with Gasteiger partial charge >= 0.3 is 0 Å². The molecular formula is C18H23NO3S. The van der Waals surface area contributed by atoms with E-state index in [-0.39, 0.29) is 6.61 Å². The monoisotopic (exact) mass is 333 g/mol. The topological polar surface area (TPSA) is 50.7 Å². The number of rotatable bonds is 10. The van der Waals surface area contributed by atoms with Crippen LogP contribution in [0.25, 0.3) is 0 Å². The predicted molar refractivity (Wildman–Crippen MR) is 94.5 cm³/mol. The minimum atomic E-state index is -0.529. The maximum atomic E-state index is 9.91. The van der Waals surface area contributed by atoms with Crippen molar-refractivity contribution in [2.24, 2.45) is 0 Å². The second-order valence-corrected chi connectivity index (χ2v) is 6.17. The summed E-state index contributed by atoms with van der Waals surface area (Å²) in [6.45, 7) is 1.63. The Labute approximate surface area is 141 Å². The first-order chi connectivity index (χ1) is 11.3. The Hall–Kier alpha value is -1.69. The van der Waals surface area contributed by atoms with E-state index in [4.69, 9.17) is 9.47 Å². The summed E-state index contributed by atoms with van der Waals surface area (Å²) in [5, 5.41) is 13.1. The molecule has 5 heteroatoms. The van der Waals surface area contributed by atoms with Crippen LogP contribution < -0.4 is 14.8 Å². The Morgan fingerprint density at radius 3 is 2.43 bits per heavy atom. The van der Waals surface area contributed by atoms with Gasteiger partial charge in [-0.3, -0.25) is 0 Å². The molecule has 2 aromatic carbocycles. The Bertz CT molecular complexity index is 548. The van der Waals surface area contributed by atoms with Crippen LogP contribution in [0.5, 0.6) is 11.5 Å². The van der Waals surface area contributed by atoms with Crippen LogP contribution in [0.15, 0.2) is 59.5 Å². The van der Waals surface area contributed by atoms with Crippen molar-refractivity contribution in [1.82, 2.24) is 5.32 Å². The average Bonchev–Trinajstić information content (AvgIpc) is 2.61. The van der Waals surface area contributed by atoms with Crippen LogP contribution in [0, 0.1) is 0 Å². The summed E-state index contributed by atoms with van der Waals surface area (Å²) in [6.07, 6.45) is -0.529. The molecule has 2 N–H and O–H groups in total. The number of benzene rings is 2. The van der Waals surface area contributed by atoms with Crippen LogP contribution in [0.1, 0.15) is 0 Å². The van der Waals surface area contributed by atoms with Gasteiger partial charge in [-0.05, 0) is 36.4 Å². The molecule has 2 aromatic rings. The minimum Gasteiger partial charge on any atom is -0.497 e. The number of nitrogens with one attached hydrogen (secondary N) is 1. The zero-order valence-corrected chi connectivity index (χ0v) is 14.1. The largest absolute Gasteiger partial charge is 0.497 e. The highest BCUT2D eigenvalue weighted by Gasteiger charge is 2.05. The lowest BCUT2D eigenvalue weighted by atomic mass is 10.3. The first-order valence-corrected chi connectivity index (χ1v) is 8.60. The van der Waals surface area contributed by atoms with Gasteiger partial charge in [0.25, 0.3) is 0 Å². The Morgan fingerprint density at radius 2 is 1.74 bits per heavy atom. The van der Waals surface area contributed by atoms with Crippen LogP contribution in [-0.4, -0.2) is 43.8 Å². The van der Waals surface area contributed by atoms with Gasteiger partial charge in [0.05, 0.1) is 7.11 Å². The Balaban J connectivity index is 1.55. The van der Waals surface area contributed by atoms with Crippen LogP contribution in [0.4, 0.5) is 0 Å². The fourth-order valence-electron chi connectivity index (χ4n) is 1.95. The summed E-state index contributed by atoms with van der Waals surface area (Å²) in [7, 11) is 1.63. The van der Waals surface area contributed by atoms with Crippen molar-refractivity contribution in [2.75, 3.05) is 32.6 Å². The van der Waals surface area contributed by atoms with E-state index in [1.165, 1.54) is 4.90 Å². The van der Waals surface area contributed by atoms with Crippen molar-refractivity contribution >= 4 is 11.8 Å². The standard InChI is InChI=1S/C18H23NO3S/c1-21-16-7-9-17(10-8-16)22-14-15(20)13-19-11-12-23-18-5-3-2-4-6-18/h2-10,15,19-20H,11-14H2,1H3/t15-/m0/s1. The fraction of sp³-hybridized carbons (Fsp3) is 0.333. The highest BCUT2D eigenvalue weighted by Crippen LogP contribution is 2.17. The highest BCUT2D eigenvalue weighted by atomic mass is 32.2. The average molecular weight is 333 g/mol. The number of ether oxygens (including phenoxy) is 2. The van der Waals surface area contributed by atoms with E-state index in [1.54, 1.807) is 18.9 Å². The molecule has 124 valence electrons. The third-order valence-electron chi connectivity index (χ3n) is 3.17. The third kappa shape index (κ3) is 6.95. The molecular weight excluding hydrogens is 310 g/mol. The summed E-state index contributed by atoms with van der Waals surface area (Å²) in [4.78, 5) is 1.26. The highest BCUT2D eigenvalue weighted by molar-refractivity contribution is 7.99. The Morgan fingerprint density at radius 1 is 1.04 bits per heavy atom. The van der Waals surface area contributed by atoms with Crippen molar-refractivity contribution in [1.29, 1.82) is 0 Å². The van der Waals surface area contributed by atoms with Crippen molar-refractivity contribution in [2.45, 2.75) is 11.0 Å². The second kappa shape index (κ2) is 10.2. The molecule has 0 saturated carbocycles. The molecule has 2 rings (SSSR count). The first-order valence-electron chi connectivity index (χ1n) is 7.61. The number of hydrogen-bond donors (Lipinski definition) is 2. The molecule has 0 aliphatic heterocycles. The number of aliphatic hydroxyl groups excluding tert-OH is 1. The molecule has 23 heavy (non-hydrogen) atoms. The van der Waals surface area contributed by atoms with Gasteiger partial charge in [0.2, 0.25) is 0 Å². The van der Waals surface area contributed by atoms with Gasteiger partial charge in [-0.1, -0.05) is 18.2 Å². The van der Waals surface area contributed by atoms with Crippen LogP contribution in [0.2, 0.25) is 0 Å². The zero-order chi connectivity index (χ0) is 16.3. The van der Waals surface area contributed by atoms with E-state index in [1.807, 2.05) is 42.5 Å². The summed E-state index contributed by atoms with van der Waals surface area (Å²) in [6, 6.07) is 17.6. The lowest BCUT2D eigenvalue weighted by Crippen LogP contribution is -2.32. The lowest BCUT2D eigenvalue weighted by Gasteiger charge is -2.13. The van der Waals surface area contributed by atoms with Crippen molar-refractivity contribution in [3.05, 3.63) is 54.6 Å². The SMILES string of the molecule is COc1ccc(OC[C@@H](O)CNCCSc2ccccc2)cc1. The van der Waals surface area contributed by atoms with E-state index in [9.17, 15) is 5.11 Å². The van der Waals surface area contributed by atoms with Crippen molar-refractivity contribution < 1.29 is 14.6 Å². The lowest BCUT2D eigenvalue weighted by molar-refractivity contribution is 0.107. The molecule has 0 radical (unpaired) electrons. The predicted octanol–water partition coefficient (Wildman–Crippen LogP) is 2.82. The van der Waals surface area contributed by atoms with Crippen molar-refractivity contribution in [3.8, 4) is 11.5 Å². The number of hydrogen-bond acceptors (Lipinski definition) is 5. The first kappa shape index (κ1) is 17.7. The number of aliphatic hydroxyl groups is 1. The summed E-state index contributed by atoms with van der Waals surface area (Å²) in [5.41, 5.74) is 0. The molecule has 0 aromatic heterocycles. The molecule has 0 aliphatic carbocycles. The summed E-state index contributed by atoms with van der Waals surface area (Å²) in [5.74, 6) is 2.48. The molecule has 0 fully saturated rings. The van der Waals surface area contributed by atoms with Gasteiger partial charge in [-0.15, -0.1) is 11.8 Å². The molecule has 0 unspecified atom stereocenters. The normalized spacial score (nSPS) is 11.9. The van der Waals surface area contributed by atoms with E-state index >= 15 is 0 Å². The molecule has 1 atom stereocenters. The van der Waals surface area contributed by atoms with E-state index in [2.05, 4.69) is 17.4 Å². The summed E-state index contributed by atoms with van der Waals surface area (Å²) >= 11 is 1.80. The number of thioether (sulfide) groups is 1. The van der Waals surface area contributed by atoms with E-state index < -0.39 is 6.10 Å². The zero-order valence-electron chi connectivity index (χ0n) is 13.3. The molecule has 0 spiro atoms. The second-order valence-electron chi connectivity index (χ2n) is 5.01. The quantitative estimate of drug-likeness (QED) is 0.517. The van der Waals surface area contributed by atoms with Gasteiger partial charge in [0.1, 0.15) is 24.2 Å². The van der Waals surface area contributed by atoms with Crippen molar-refractivity contribution in [3.63, 3.8) is 0 Å². The van der Waals surface area contributed by atoms with Crippen LogP contribution in [-0.2, 0) is 0 Å². The smallest absolute Gasteiger partial charge is 0.119 e. The third-order valence-corrected chi connectivity index (χ3v) is 4.19. The van der Waals surface area contributed by atoms with Crippen LogP contribution >= 0.6 is 11.8 Å². The molecule has 0 bridgehead atoms. The van der Waals surface area contributed by atoms with E-state index in [0.29, 0.717) is 6.54 Å². The molecule has 4 nitrogen and oxygen atoms in total. The van der Waals surface area contributed by atoms with E-state index in [0.717, 1.165) is 23.8 Å². The summed E-state index contributed by atoms with van der Waals surface area (Å²) < 4.78 is 10.6. The van der Waals surface area contributed by atoms with Gasteiger partial charge in [0, 0.05) is 23.7 Å². The molecule has 0 heterocycles. The van der Waals surface area contributed by atoms with Gasteiger partial charge in [-0.2, -0.15) is 0 Å². The minimum absolute atomic E-state index is 0.269. The van der Waals surface area contributed by atoms with Gasteiger partial charge in [-0.25, -0.2) is 0 Å². The number of methoxy groups -OCH3 is 1. The van der Waals surface area contributed by atoms with Crippen LogP contribution in [0.3, 0.4) is 0 Å². The van der Waals surface area contributed by atoms with Gasteiger partial charge in [0.15, 0.2) is 0 Å². The molecule has 0 amide bonds. The maximum absolute atomic E-state index is 9.91. The molecule has 0 saturated heterocycles. The Kier molecular flexibility index (Phi) is 7.80. The van der Waals surface area contributed by atoms with Gasteiger partial charge < -0.3 is 19.9 Å². The maximum Gasteiger partial charge on any atom is 0.119 e. The fourth-order valence-corrected chi connectivity index (χ4v) is 2.78. The molecule has 0 aliphatic rings.